The Morgan fingerprint density at radius 1 is 0.789 bits per heavy atom. The SMILES string of the molecule is C=C(Br)CCCCCCCCCCc1ccccc1. The van der Waals surface area contributed by atoms with Crippen LogP contribution in [-0.4, -0.2) is 0 Å². The highest BCUT2D eigenvalue weighted by Gasteiger charge is 1.95. The lowest BCUT2D eigenvalue weighted by Crippen LogP contribution is -1.86. The summed E-state index contributed by atoms with van der Waals surface area (Å²) >= 11 is 3.41. The highest BCUT2D eigenvalue weighted by Crippen LogP contribution is 2.15. The number of allylic oxidation sites excluding steroid dienone is 1. The van der Waals surface area contributed by atoms with Gasteiger partial charge in [0, 0.05) is 0 Å². The molecule has 0 N–H and O–H groups in total. The van der Waals surface area contributed by atoms with Gasteiger partial charge in [0.15, 0.2) is 0 Å². The molecule has 0 aliphatic carbocycles. The number of hydrogen-bond donors (Lipinski definition) is 0. The van der Waals surface area contributed by atoms with Crippen molar-refractivity contribution in [3.8, 4) is 0 Å². The standard InChI is InChI=1S/C18H27Br/c1-17(19)13-9-6-4-2-3-5-7-10-14-18-15-11-8-12-16-18/h8,11-12,15-16H,1-7,9-10,13-14H2. The summed E-state index contributed by atoms with van der Waals surface area (Å²) in [6.45, 7) is 3.86. The van der Waals surface area contributed by atoms with Gasteiger partial charge in [-0.3, -0.25) is 0 Å². The van der Waals surface area contributed by atoms with Gasteiger partial charge in [-0.1, -0.05) is 91.4 Å². The van der Waals surface area contributed by atoms with E-state index in [0.29, 0.717) is 0 Å². The van der Waals surface area contributed by atoms with Crippen LogP contribution in [0.15, 0.2) is 41.4 Å². The van der Waals surface area contributed by atoms with Gasteiger partial charge < -0.3 is 0 Å². The summed E-state index contributed by atoms with van der Waals surface area (Å²) in [6, 6.07) is 10.8. The summed E-state index contributed by atoms with van der Waals surface area (Å²) < 4.78 is 1.15. The molecule has 0 bridgehead atoms. The molecule has 1 aromatic carbocycles. The Balaban J connectivity index is 1.83. The lowest BCUT2D eigenvalue weighted by molar-refractivity contribution is 0.569. The molecule has 0 aromatic heterocycles. The summed E-state index contributed by atoms with van der Waals surface area (Å²) in [5.41, 5.74) is 1.48. The van der Waals surface area contributed by atoms with E-state index in [0.717, 1.165) is 10.9 Å². The molecule has 1 rings (SSSR count). The second-order valence-corrected chi connectivity index (χ2v) is 6.45. The number of unbranched alkanes of at least 4 members (excludes halogenated alkanes) is 7. The maximum absolute atomic E-state index is 3.86. The maximum Gasteiger partial charge on any atom is -0.0121 e. The van der Waals surface area contributed by atoms with E-state index in [1.165, 1.54) is 63.4 Å². The predicted molar refractivity (Wildman–Crippen MR) is 89.8 cm³/mol. The van der Waals surface area contributed by atoms with Gasteiger partial charge in [-0.05, 0) is 35.7 Å². The van der Waals surface area contributed by atoms with Crippen molar-refractivity contribution in [2.75, 3.05) is 0 Å². The van der Waals surface area contributed by atoms with E-state index >= 15 is 0 Å². The summed E-state index contributed by atoms with van der Waals surface area (Å²) in [6.07, 6.45) is 13.3. The highest BCUT2D eigenvalue weighted by molar-refractivity contribution is 9.11. The molecule has 0 saturated carbocycles. The average Bonchev–Trinajstić information content (AvgIpc) is 2.42. The summed E-state index contributed by atoms with van der Waals surface area (Å²) in [5.74, 6) is 0. The molecule has 0 unspecified atom stereocenters. The number of aryl methyl sites for hydroxylation is 1. The molecular weight excluding hydrogens is 296 g/mol. The number of hydrogen-bond acceptors (Lipinski definition) is 0. The minimum Gasteiger partial charge on any atom is -0.0889 e. The van der Waals surface area contributed by atoms with E-state index in [2.05, 4.69) is 52.8 Å². The number of rotatable bonds is 11. The van der Waals surface area contributed by atoms with Crippen LogP contribution >= 0.6 is 15.9 Å². The van der Waals surface area contributed by atoms with E-state index in [1.807, 2.05) is 0 Å². The van der Waals surface area contributed by atoms with Crippen molar-refractivity contribution in [2.24, 2.45) is 0 Å². The Morgan fingerprint density at radius 3 is 1.89 bits per heavy atom. The Hall–Kier alpha value is -0.560. The molecule has 0 spiro atoms. The lowest BCUT2D eigenvalue weighted by Gasteiger charge is -2.03. The second-order valence-electron chi connectivity index (χ2n) is 5.33. The molecule has 106 valence electrons. The fourth-order valence-corrected chi connectivity index (χ4v) is 2.63. The van der Waals surface area contributed by atoms with Crippen LogP contribution in [0.4, 0.5) is 0 Å². The molecule has 0 nitrogen and oxygen atoms in total. The van der Waals surface area contributed by atoms with Gasteiger partial charge >= 0.3 is 0 Å². The van der Waals surface area contributed by atoms with Crippen LogP contribution < -0.4 is 0 Å². The topological polar surface area (TPSA) is 0 Å². The van der Waals surface area contributed by atoms with Crippen molar-refractivity contribution in [3.63, 3.8) is 0 Å². The average molecular weight is 323 g/mol. The normalized spacial score (nSPS) is 10.6. The molecule has 0 fully saturated rings. The van der Waals surface area contributed by atoms with Crippen LogP contribution in [0.5, 0.6) is 0 Å². The lowest BCUT2D eigenvalue weighted by atomic mass is 10.0. The van der Waals surface area contributed by atoms with E-state index in [1.54, 1.807) is 0 Å². The van der Waals surface area contributed by atoms with E-state index in [9.17, 15) is 0 Å². The summed E-state index contributed by atoms with van der Waals surface area (Å²) in [5, 5.41) is 0. The second kappa shape index (κ2) is 11.3. The minimum atomic E-state index is 1.14. The van der Waals surface area contributed by atoms with Gasteiger partial charge in [0.1, 0.15) is 0 Å². The first-order valence-electron chi connectivity index (χ1n) is 7.66. The van der Waals surface area contributed by atoms with Crippen molar-refractivity contribution >= 4 is 15.9 Å². The van der Waals surface area contributed by atoms with Crippen LogP contribution in [0.3, 0.4) is 0 Å². The molecule has 0 aliphatic heterocycles. The van der Waals surface area contributed by atoms with Crippen LogP contribution in [0.2, 0.25) is 0 Å². The predicted octanol–water partition coefficient (Wildman–Crippen LogP) is 6.65. The first-order valence-corrected chi connectivity index (χ1v) is 8.45. The Labute approximate surface area is 127 Å². The smallest absolute Gasteiger partial charge is 0.0121 e. The van der Waals surface area contributed by atoms with Gasteiger partial charge in [0.25, 0.3) is 0 Å². The quantitative estimate of drug-likeness (QED) is 0.400. The number of halogens is 1. The van der Waals surface area contributed by atoms with Gasteiger partial charge in [0.05, 0.1) is 0 Å². The first kappa shape index (κ1) is 16.5. The largest absolute Gasteiger partial charge is 0.0889 e. The molecule has 0 saturated heterocycles. The van der Waals surface area contributed by atoms with Crippen molar-refractivity contribution in [1.82, 2.24) is 0 Å². The summed E-state index contributed by atoms with van der Waals surface area (Å²) in [4.78, 5) is 0. The van der Waals surface area contributed by atoms with Crippen molar-refractivity contribution < 1.29 is 0 Å². The molecule has 19 heavy (non-hydrogen) atoms. The van der Waals surface area contributed by atoms with Gasteiger partial charge in [0.2, 0.25) is 0 Å². The van der Waals surface area contributed by atoms with E-state index < -0.39 is 0 Å². The Bertz CT molecular complexity index is 329. The molecule has 0 aliphatic rings. The third-order valence-corrected chi connectivity index (χ3v) is 3.90. The van der Waals surface area contributed by atoms with Gasteiger partial charge in [-0.2, -0.15) is 0 Å². The molecule has 1 aromatic rings. The monoisotopic (exact) mass is 322 g/mol. The third-order valence-electron chi connectivity index (χ3n) is 3.51. The highest BCUT2D eigenvalue weighted by atomic mass is 79.9. The zero-order valence-electron chi connectivity index (χ0n) is 12.0. The van der Waals surface area contributed by atoms with E-state index in [-0.39, 0.29) is 0 Å². The van der Waals surface area contributed by atoms with Crippen molar-refractivity contribution in [2.45, 2.75) is 64.2 Å². The fourth-order valence-electron chi connectivity index (χ4n) is 2.35. The van der Waals surface area contributed by atoms with Gasteiger partial charge in [-0.25, -0.2) is 0 Å². The third kappa shape index (κ3) is 9.95. The fraction of sp³-hybridized carbons (Fsp3) is 0.556. The molecule has 0 radical (unpaired) electrons. The maximum atomic E-state index is 3.86. The van der Waals surface area contributed by atoms with Crippen LogP contribution in [-0.2, 0) is 6.42 Å². The van der Waals surface area contributed by atoms with Crippen LogP contribution in [0, 0.1) is 0 Å². The Kier molecular flexibility index (Phi) is 9.79. The van der Waals surface area contributed by atoms with Crippen molar-refractivity contribution in [1.29, 1.82) is 0 Å². The van der Waals surface area contributed by atoms with Gasteiger partial charge in [-0.15, -0.1) is 0 Å². The summed E-state index contributed by atoms with van der Waals surface area (Å²) in [7, 11) is 0. The van der Waals surface area contributed by atoms with Crippen LogP contribution in [0.1, 0.15) is 63.4 Å². The zero-order chi connectivity index (χ0) is 13.8. The molecule has 1 heteroatoms. The van der Waals surface area contributed by atoms with Crippen LogP contribution in [0.25, 0.3) is 0 Å². The molecule has 0 atom stereocenters. The molecular formula is C18H27Br. The molecule has 0 heterocycles. The first-order chi connectivity index (χ1) is 9.29. The molecule has 0 amide bonds. The minimum absolute atomic E-state index is 1.14. The van der Waals surface area contributed by atoms with E-state index in [4.69, 9.17) is 0 Å². The van der Waals surface area contributed by atoms with Crippen molar-refractivity contribution in [3.05, 3.63) is 47.0 Å². The Morgan fingerprint density at radius 2 is 1.32 bits per heavy atom. The number of benzene rings is 1. The zero-order valence-corrected chi connectivity index (χ0v) is 13.6.